The van der Waals surface area contributed by atoms with Crippen molar-refractivity contribution in [2.75, 3.05) is 18.6 Å². The maximum Gasteiger partial charge on any atom is 0.311 e. The molecule has 2 bridgehead atoms. The molecule has 6 heteroatoms. The quantitative estimate of drug-likeness (QED) is 0.580. The van der Waals surface area contributed by atoms with E-state index >= 15 is 0 Å². The molecular weight excluding hydrogens is 356 g/mol. The van der Waals surface area contributed by atoms with Gasteiger partial charge in [0.05, 0.1) is 30.0 Å². The molecule has 146 valence electrons. The number of rotatable bonds is 2. The Bertz CT molecular complexity index is 946. The van der Waals surface area contributed by atoms with E-state index in [2.05, 4.69) is 17.9 Å². The summed E-state index contributed by atoms with van der Waals surface area (Å²) >= 11 is 0. The van der Waals surface area contributed by atoms with E-state index < -0.39 is 16.9 Å². The number of carbonyl (C=O) groups excluding carboxylic acids is 3. The monoisotopic (exact) mass is 380 g/mol. The summed E-state index contributed by atoms with van der Waals surface area (Å²) in [6, 6.07) is 8.01. The molecule has 0 N–H and O–H groups in total. The minimum absolute atomic E-state index is 0.0586. The third-order valence-electron chi connectivity index (χ3n) is 9.10. The smallest absolute Gasteiger partial charge is 0.311 e. The first-order valence-corrected chi connectivity index (χ1v) is 10.2. The number of piperidine rings is 1. The van der Waals surface area contributed by atoms with Gasteiger partial charge in [0.1, 0.15) is 0 Å². The van der Waals surface area contributed by atoms with E-state index in [0.717, 1.165) is 37.0 Å². The minimum Gasteiger partial charge on any atom is -0.469 e. The molecule has 3 aliphatic heterocycles. The number of methoxy groups -OCH3 is 1. The van der Waals surface area contributed by atoms with E-state index in [9.17, 15) is 14.4 Å². The van der Waals surface area contributed by atoms with E-state index in [4.69, 9.17) is 4.74 Å². The molecule has 6 rings (SSSR count). The number of hydrogen-bond donors (Lipinski definition) is 0. The Morgan fingerprint density at radius 1 is 1.32 bits per heavy atom. The van der Waals surface area contributed by atoms with Gasteiger partial charge in [0.2, 0.25) is 12.3 Å². The molecule has 0 unspecified atom stereocenters. The van der Waals surface area contributed by atoms with Gasteiger partial charge >= 0.3 is 5.97 Å². The van der Waals surface area contributed by atoms with Gasteiger partial charge in [-0.1, -0.05) is 25.1 Å². The summed E-state index contributed by atoms with van der Waals surface area (Å²) in [7, 11) is 1.43. The van der Waals surface area contributed by atoms with Crippen LogP contribution in [0.5, 0.6) is 0 Å². The lowest BCUT2D eigenvalue weighted by Gasteiger charge is -2.52. The highest BCUT2D eigenvalue weighted by molar-refractivity contribution is 5.96. The van der Waals surface area contributed by atoms with Gasteiger partial charge in [0, 0.05) is 18.7 Å². The van der Waals surface area contributed by atoms with Crippen LogP contribution in [-0.2, 0) is 24.5 Å². The maximum atomic E-state index is 13.2. The van der Waals surface area contributed by atoms with Crippen molar-refractivity contribution in [1.82, 2.24) is 4.90 Å². The number of amides is 2. The molecule has 5 aliphatic rings. The first-order chi connectivity index (χ1) is 13.5. The molecule has 2 aliphatic carbocycles. The number of benzene rings is 1. The van der Waals surface area contributed by atoms with Crippen LogP contribution in [0.1, 0.15) is 38.2 Å². The highest BCUT2D eigenvalue weighted by Gasteiger charge is 2.89. The summed E-state index contributed by atoms with van der Waals surface area (Å²) < 4.78 is 5.26. The van der Waals surface area contributed by atoms with Gasteiger partial charge in [-0.3, -0.25) is 14.4 Å². The molecule has 1 aromatic rings. The molecule has 0 radical (unpaired) electrons. The van der Waals surface area contributed by atoms with Crippen molar-refractivity contribution in [3.05, 3.63) is 29.8 Å². The van der Waals surface area contributed by atoms with Gasteiger partial charge in [0.15, 0.2) is 0 Å². The fourth-order valence-corrected chi connectivity index (χ4v) is 8.65. The van der Waals surface area contributed by atoms with Crippen LogP contribution >= 0.6 is 0 Å². The number of para-hydroxylation sites is 1. The predicted octanol–water partition coefficient (Wildman–Crippen LogP) is 1.86. The summed E-state index contributed by atoms with van der Waals surface area (Å²) in [6.07, 6.45) is 3.90. The summed E-state index contributed by atoms with van der Waals surface area (Å²) in [5.41, 5.74) is 0.516. The third-order valence-corrected chi connectivity index (χ3v) is 9.10. The normalized spacial score (nSPS) is 44.4. The van der Waals surface area contributed by atoms with Crippen LogP contribution in [0.3, 0.4) is 0 Å². The van der Waals surface area contributed by atoms with Crippen molar-refractivity contribution in [2.24, 2.45) is 17.3 Å². The number of hydrogen-bond acceptors (Lipinski definition) is 4. The van der Waals surface area contributed by atoms with Crippen molar-refractivity contribution in [1.29, 1.82) is 0 Å². The number of carbonyl (C=O) groups is 3. The van der Waals surface area contributed by atoms with Gasteiger partial charge in [-0.2, -0.15) is 0 Å². The lowest BCUT2D eigenvalue weighted by molar-refractivity contribution is -0.150. The Morgan fingerprint density at radius 2 is 2.11 bits per heavy atom. The fourth-order valence-electron chi connectivity index (χ4n) is 8.65. The van der Waals surface area contributed by atoms with Crippen LogP contribution in [0.15, 0.2) is 24.3 Å². The predicted molar refractivity (Wildman–Crippen MR) is 100 cm³/mol. The molecule has 4 fully saturated rings. The average Bonchev–Trinajstić information content (AvgIpc) is 3.31. The van der Waals surface area contributed by atoms with Gasteiger partial charge < -0.3 is 14.5 Å². The Morgan fingerprint density at radius 3 is 2.86 bits per heavy atom. The first-order valence-electron chi connectivity index (χ1n) is 10.2. The SMILES string of the molecule is COC(=O)[C@H]1C[C@@]23CCCN4C(=O)C[C@@]5(c6ccccc6N(C=O)[C@@]15[C@@H]2C)[C@@H]43. The lowest BCUT2D eigenvalue weighted by atomic mass is 9.56. The Balaban J connectivity index is 1.74. The molecule has 2 amide bonds. The van der Waals surface area contributed by atoms with E-state index in [1.54, 1.807) is 0 Å². The first kappa shape index (κ1) is 16.6. The zero-order valence-electron chi connectivity index (χ0n) is 16.2. The highest BCUT2D eigenvalue weighted by atomic mass is 16.5. The molecule has 3 spiro atoms. The molecular formula is C22H24N2O4. The zero-order chi connectivity index (χ0) is 19.5. The lowest BCUT2D eigenvalue weighted by Crippen LogP contribution is -2.66. The summed E-state index contributed by atoms with van der Waals surface area (Å²) in [5.74, 6) is -0.383. The second kappa shape index (κ2) is 4.78. The van der Waals surface area contributed by atoms with Crippen LogP contribution in [-0.4, -0.2) is 48.4 Å². The number of esters is 1. The van der Waals surface area contributed by atoms with E-state index in [0.29, 0.717) is 12.8 Å². The second-order valence-corrected chi connectivity index (χ2v) is 9.29. The Kier molecular flexibility index (Phi) is 2.83. The summed E-state index contributed by atoms with van der Waals surface area (Å²) in [6.45, 7) is 2.99. The van der Waals surface area contributed by atoms with Crippen LogP contribution < -0.4 is 4.90 Å². The van der Waals surface area contributed by atoms with Crippen molar-refractivity contribution < 1.29 is 19.1 Å². The Hall–Kier alpha value is -2.37. The fraction of sp³-hybridized carbons (Fsp3) is 0.591. The van der Waals surface area contributed by atoms with Gasteiger partial charge in [-0.15, -0.1) is 0 Å². The van der Waals surface area contributed by atoms with Crippen LogP contribution in [0.25, 0.3) is 0 Å². The number of ether oxygens (including phenoxy) is 1. The highest BCUT2D eigenvalue weighted by Crippen LogP contribution is 2.81. The molecule has 0 aromatic heterocycles. The standard InChI is InChI=1S/C22H24N2O4/c1-13-20-8-5-9-23-17(26)11-21(19(20)23)14-6-3-4-7-16(14)24(12-25)22(13,21)15(10-20)18(27)28-2/h3-4,6-7,12-13,15,19H,5,8-11H2,1-2H3/t13-,15-,19+,20+,21-,22+/m1/s1. The largest absolute Gasteiger partial charge is 0.469 e. The van der Waals surface area contributed by atoms with Crippen LogP contribution in [0.2, 0.25) is 0 Å². The molecule has 3 heterocycles. The van der Waals surface area contributed by atoms with Crippen molar-refractivity contribution >= 4 is 24.0 Å². The van der Waals surface area contributed by atoms with Gasteiger partial charge in [-0.25, -0.2) is 0 Å². The van der Waals surface area contributed by atoms with Crippen LogP contribution in [0.4, 0.5) is 5.69 Å². The summed E-state index contributed by atoms with van der Waals surface area (Å²) in [5, 5.41) is 0. The second-order valence-electron chi connectivity index (χ2n) is 9.29. The molecule has 2 saturated heterocycles. The van der Waals surface area contributed by atoms with E-state index in [-0.39, 0.29) is 29.3 Å². The van der Waals surface area contributed by atoms with Crippen molar-refractivity contribution in [3.8, 4) is 0 Å². The van der Waals surface area contributed by atoms with E-state index in [1.165, 1.54) is 7.11 Å². The molecule has 2 saturated carbocycles. The summed E-state index contributed by atoms with van der Waals surface area (Å²) in [4.78, 5) is 42.7. The maximum absolute atomic E-state index is 13.2. The third kappa shape index (κ3) is 1.30. The van der Waals surface area contributed by atoms with Crippen LogP contribution in [0, 0.1) is 17.3 Å². The molecule has 6 atom stereocenters. The average molecular weight is 380 g/mol. The van der Waals surface area contributed by atoms with Crippen molar-refractivity contribution in [3.63, 3.8) is 0 Å². The van der Waals surface area contributed by atoms with Gasteiger partial charge in [0.25, 0.3) is 0 Å². The Labute approximate surface area is 163 Å². The van der Waals surface area contributed by atoms with Gasteiger partial charge in [-0.05, 0) is 42.2 Å². The minimum atomic E-state index is -0.731. The molecule has 1 aromatic carbocycles. The van der Waals surface area contributed by atoms with E-state index in [1.807, 2.05) is 23.1 Å². The number of fused-ring (bicyclic) bond motifs is 1. The number of anilines is 1. The zero-order valence-corrected chi connectivity index (χ0v) is 16.2. The van der Waals surface area contributed by atoms with Crippen molar-refractivity contribution in [2.45, 2.75) is 49.6 Å². The molecule has 28 heavy (non-hydrogen) atoms. The molecule has 6 nitrogen and oxygen atoms in total. The topological polar surface area (TPSA) is 66.9 Å². The number of nitrogens with zero attached hydrogens (tertiary/aromatic N) is 2.